The number of nitrogens with zero attached hydrogens (tertiary/aromatic N) is 3. The van der Waals surface area contributed by atoms with Gasteiger partial charge in [-0.2, -0.15) is 5.26 Å². The van der Waals surface area contributed by atoms with E-state index in [4.69, 9.17) is 0 Å². The number of anilines is 6. The van der Waals surface area contributed by atoms with E-state index in [1.807, 2.05) is 12.1 Å². The molecule has 0 N–H and O–H groups in total. The summed E-state index contributed by atoms with van der Waals surface area (Å²) in [6.07, 6.45) is 9.14. The van der Waals surface area contributed by atoms with E-state index in [1.54, 1.807) is 0 Å². The fraction of sp³-hybridized carbons (Fsp3) is 0.177. The van der Waals surface area contributed by atoms with Gasteiger partial charge < -0.3 is 9.80 Å². The lowest BCUT2D eigenvalue weighted by Crippen LogP contribution is -2.17. The van der Waals surface area contributed by atoms with Crippen LogP contribution in [0.2, 0.25) is 0 Å². The van der Waals surface area contributed by atoms with Crippen molar-refractivity contribution in [2.45, 2.75) is 92.4 Å². The van der Waals surface area contributed by atoms with Crippen LogP contribution in [0.4, 0.5) is 34.1 Å². The minimum Gasteiger partial charge on any atom is -0.310 e. The van der Waals surface area contributed by atoms with Gasteiger partial charge in [0.05, 0.1) is 11.6 Å². The largest absolute Gasteiger partial charge is 0.310 e. The normalized spacial score (nSPS) is 14.5. The summed E-state index contributed by atoms with van der Waals surface area (Å²) in [7, 11) is 0. The summed E-state index contributed by atoms with van der Waals surface area (Å²) in [5.41, 5.74) is 33.8. The summed E-state index contributed by atoms with van der Waals surface area (Å²) < 4.78 is 0. The van der Waals surface area contributed by atoms with Crippen LogP contribution in [0.5, 0.6) is 0 Å². The zero-order valence-electron chi connectivity index (χ0n) is 49.1. The maximum Gasteiger partial charge on any atom is 0.0991 e. The zero-order chi connectivity index (χ0) is 57.0. The van der Waals surface area contributed by atoms with Crippen molar-refractivity contribution in [3.8, 4) is 39.4 Å². The molecule has 82 heavy (non-hydrogen) atoms. The first-order valence-corrected chi connectivity index (χ1v) is 28.9. The van der Waals surface area contributed by atoms with Gasteiger partial charge in [-0.15, -0.1) is 0 Å². The Bertz CT molecular complexity index is 4320. The number of aryl methyl sites for hydroxylation is 5. The average molecular weight is 1060 g/mol. The summed E-state index contributed by atoms with van der Waals surface area (Å²) >= 11 is 0. The molecule has 3 aliphatic rings. The fourth-order valence-electron chi connectivity index (χ4n) is 13.8. The first-order chi connectivity index (χ1) is 39.3. The van der Waals surface area contributed by atoms with Crippen LogP contribution in [-0.4, -0.2) is 0 Å². The monoisotopic (exact) mass is 1060 g/mol. The van der Waals surface area contributed by atoms with Gasteiger partial charge in [0.15, 0.2) is 0 Å². The number of nitriles is 1. The lowest BCUT2D eigenvalue weighted by Gasteiger charge is -2.28. The van der Waals surface area contributed by atoms with Crippen molar-refractivity contribution >= 4 is 58.4 Å². The number of benzene rings is 10. The number of hydrogen-bond donors (Lipinski definition) is 0. The number of rotatable bonds is 10. The quantitative estimate of drug-likeness (QED) is 0.128. The first-order valence-electron chi connectivity index (χ1n) is 28.9. The van der Waals surface area contributed by atoms with E-state index in [2.05, 4.69) is 298 Å². The standard InChI is InChI=1S/C79H69N3/c1-49-12-24-59(25-13-49)81(63-38-50(2)36-51(3)39-63)61-28-34-69-67-32-22-56(44-73(67)78(8,9)75(69)46-61)16-14-54-20-30-65-66-31-21-55(43-72(66)77(6,7)71(65)42-54)15-17-57-23-33-68-70-35-29-62(47-76(70)79(10,11)74(68)45-57)82(60-26-18-58(48-80)19-27-60)64-40-52(4)37-53(5)41-64/h12-47H,1-11H3/b16-14+,17-15+. The maximum atomic E-state index is 9.59. The molecule has 0 atom stereocenters. The summed E-state index contributed by atoms with van der Waals surface area (Å²) in [5, 5.41) is 9.59. The molecule has 0 spiro atoms. The molecule has 400 valence electrons. The lowest BCUT2D eigenvalue weighted by molar-refractivity contribution is 0.660. The van der Waals surface area contributed by atoms with E-state index in [-0.39, 0.29) is 16.2 Å². The van der Waals surface area contributed by atoms with E-state index in [0.717, 1.165) is 22.7 Å². The van der Waals surface area contributed by atoms with E-state index in [0.29, 0.717) is 5.56 Å². The van der Waals surface area contributed by atoms with E-state index in [1.165, 1.54) is 128 Å². The van der Waals surface area contributed by atoms with E-state index < -0.39 is 0 Å². The van der Waals surface area contributed by atoms with Crippen molar-refractivity contribution < 1.29 is 0 Å². The van der Waals surface area contributed by atoms with Gasteiger partial charge in [-0.05, 0) is 231 Å². The van der Waals surface area contributed by atoms with Crippen LogP contribution in [0, 0.1) is 45.9 Å². The van der Waals surface area contributed by atoms with Crippen LogP contribution in [-0.2, 0) is 16.2 Å². The predicted molar refractivity (Wildman–Crippen MR) is 348 cm³/mol. The molecule has 0 amide bonds. The summed E-state index contributed by atoms with van der Waals surface area (Å²) in [6.45, 7) is 25.1. The van der Waals surface area contributed by atoms with Gasteiger partial charge in [0.2, 0.25) is 0 Å². The third-order valence-corrected chi connectivity index (χ3v) is 18.0. The molecule has 3 aliphatic carbocycles. The molecule has 0 unspecified atom stereocenters. The second-order valence-electron chi connectivity index (χ2n) is 25.1. The highest BCUT2D eigenvalue weighted by atomic mass is 15.1. The van der Waals surface area contributed by atoms with Crippen LogP contribution in [0.1, 0.15) is 131 Å². The van der Waals surface area contributed by atoms with Crippen molar-refractivity contribution in [3.05, 3.63) is 283 Å². The molecule has 3 nitrogen and oxygen atoms in total. The van der Waals surface area contributed by atoms with Crippen molar-refractivity contribution in [2.75, 3.05) is 9.80 Å². The van der Waals surface area contributed by atoms with Crippen LogP contribution in [0.15, 0.2) is 194 Å². The molecule has 3 heteroatoms. The molecule has 10 aromatic rings. The Balaban J connectivity index is 0.733. The van der Waals surface area contributed by atoms with Crippen molar-refractivity contribution in [1.82, 2.24) is 0 Å². The van der Waals surface area contributed by atoms with Gasteiger partial charge in [0.1, 0.15) is 0 Å². The second-order valence-corrected chi connectivity index (χ2v) is 25.1. The van der Waals surface area contributed by atoms with E-state index >= 15 is 0 Å². The second kappa shape index (κ2) is 19.5. The molecular weight excluding hydrogens is 991 g/mol. The van der Waals surface area contributed by atoms with Crippen LogP contribution >= 0.6 is 0 Å². The first kappa shape index (κ1) is 52.2. The Morgan fingerprint density at radius 2 is 0.549 bits per heavy atom. The third-order valence-electron chi connectivity index (χ3n) is 18.0. The molecule has 0 saturated carbocycles. The van der Waals surface area contributed by atoms with Gasteiger partial charge in [-0.25, -0.2) is 0 Å². The minimum atomic E-state index is -0.218. The highest BCUT2D eigenvalue weighted by molar-refractivity contribution is 5.90. The Labute approximate surface area is 485 Å². The molecule has 0 aromatic heterocycles. The van der Waals surface area contributed by atoms with Crippen LogP contribution in [0.3, 0.4) is 0 Å². The Morgan fingerprint density at radius 1 is 0.280 bits per heavy atom. The minimum absolute atomic E-state index is 0.163. The number of hydrogen-bond acceptors (Lipinski definition) is 3. The van der Waals surface area contributed by atoms with Crippen LogP contribution < -0.4 is 9.80 Å². The smallest absolute Gasteiger partial charge is 0.0991 e. The highest BCUT2D eigenvalue weighted by Gasteiger charge is 2.39. The fourth-order valence-corrected chi connectivity index (χ4v) is 13.8. The van der Waals surface area contributed by atoms with Crippen LogP contribution in [0.25, 0.3) is 57.7 Å². The predicted octanol–water partition coefficient (Wildman–Crippen LogP) is 21.3. The molecule has 0 aliphatic heterocycles. The van der Waals surface area contributed by atoms with Gasteiger partial charge >= 0.3 is 0 Å². The summed E-state index contributed by atoms with van der Waals surface area (Å²) in [4.78, 5) is 4.73. The Kier molecular flexibility index (Phi) is 12.4. The molecule has 0 fully saturated rings. The van der Waals surface area contributed by atoms with Gasteiger partial charge in [0, 0.05) is 50.4 Å². The zero-order valence-corrected chi connectivity index (χ0v) is 49.1. The molecule has 10 aromatic carbocycles. The SMILES string of the molecule is Cc1ccc(N(c2cc(C)cc(C)c2)c2ccc3c(c2)C(C)(C)c2cc(/C=C/c4ccc5c(c4)C(C)(C)c4cc(/C=C/c6ccc7c(c6)C(C)(C)c6cc(N(c8ccc(C#N)cc8)c8cc(C)cc(C)c8)ccc6-7)ccc4-5)ccc2-3)cc1. The Hall–Kier alpha value is -9.23. The van der Waals surface area contributed by atoms with Crippen molar-refractivity contribution in [1.29, 1.82) is 5.26 Å². The molecule has 0 radical (unpaired) electrons. The molecule has 13 rings (SSSR count). The van der Waals surface area contributed by atoms with Gasteiger partial charge in [-0.3, -0.25) is 0 Å². The maximum absolute atomic E-state index is 9.59. The van der Waals surface area contributed by atoms with Gasteiger partial charge in [-0.1, -0.05) is 181 Å². The van der Waals surface area contributed by atoms with Crippen molar-refractivity contribution in [2.24, 2.45) is 0 Å². The molecular formula is C79H69N3. The van der Waals surface area contributed by atoms with Crippen molar-refractivity contribution in [3.63, 3.8) is 0 Å². The lowest BCUT2D eigenvalue weighted by atomic mass is 9.81. The topological polar surface area (TPSA) is 30.3 Å². The third kappa shape index (κ3) is 8.90. The summed E-state index contributed by atoms with van der Waals surface area (Å²) in [6, 6.07) is 74.6. The van der Waals surface area contributed by atoms with E-state index in [9.17, 15) is 5.26 Å². The average Bonchev–Trinajstić information content (AvgIpc) is 2.82. The van der Waals surface area contributed by atoms with Gasteiger partial charge in [0.25, 0.3) is 0 Å². The number of fused-ring (bicyclic) bond motifs is 9. The Morgan fingerprint density at radius 3 is 0.854 bits per heavy atom. The molecule has 0 heterocycles. The molecule has 0 bridgehead atoms. The highest BCUT2D eigenvalue weighted by Crippen LogP contribution is 2.54. The molecule has 0 saturated heterocycles. The summed E-state index contributed by atoms with van der Waals surface area (Å²) in [5.74, 6) is 0.